The predicted molar refractivity (Wildman–Crippen MR) is 61.5 cm³/mol. The Labute approximate surface area is 103 Å². The number of benzene rings is 1. The van der Waals surface area contributed by atoms with E-state index in [0.29, 0.717) is 5.56 Å². The number of ether oxygens (including phenoxy) is 1. The molecule has 0 aliphatic heterocycles. The Bertz CT molecular complexity index is 455. The Balaban J connectivity index is 2.51. The summed E-state index contributed by atoms with van der Waals surface area (Å²) in [6.45, 7) is -0.575. The molecule has 0 saturated heterocycles. The fourth-order valence-corrected chi connectivity index (χ4v) is 1.25. The van der Waals surface area contributed by atoms with E-state index in [2.05, 4.69) is 10.1 Å². The van der Waals surface area contributed by atoms with E-state index in [1.807, 2.05) is 0 Å². The lowest BCUT2D eigenvalue weighted by molar-refractivity contribution is -0.467. The lowest BCUT2D eigenvalue weighted by atomic mass is 10.1. The highest BCUT2D eigenvalue weighted by molar-refractivity contribution is 5.89. The third-order valence-electron chi connectivity index (χ3n) is 2.14. The zero-order valence-corrected chi connectivity index (χ0v) is 9.71. The van der Waals surface area contributed by atoms with Crippen LogP contribution in [0.5, 0.6) is 0 Å². The number of carbonyl (C=O) groups excluding carboxylic acids is 2. The second kappa shape index (κ2) is 6.33. The first-order chi connectivity index (χ1) is 8.52. The van der Waals surface area contributed by atoms with Gasteiger partial charge in [-0.05, 0) is 17.7 Å². The third kappa shape index (κ3) is 4.20. The van der Waals surface area contributed by atoms with Crippen LogP contribution in [0.25, 0.3) is 0 Å². The van der Waals surface area contributed by atoms with Crippen molar-refractivity contribution in [1.82, 2.24) is 5.32 Å². The van der Waals surface area contributed by atoms with Crippen LogP contribution in [0.15, 0.2) is 24.3 Å². The zero-order valence-electron chi connectivity index (χ0n) is 9.71. The average Bonchev–Trinajstić information content (AvgIpc) is 2.35. The van der Waals surface area contributed by atoms with Crippen LogP contribution >= 0.6 is 0 Å². The van der Waals surface area contributed by atoms with Crippen molar-refractivity contribution in [1.29, 1.82) is 0 Å². The van der Waals surface area contributed by atoms with Gasteiger partial charge in [0.15, 0.2) is 0 Å². The molecule has 0 unspecified atom stereocenters. The standard InChI is InChI=1S/C11H12N2O5/c1-18-11(15)9-4-2-8(3-5-9)6-12-10(14)7-13(16)17/h2-5H,6-7H2,1H3,(H,12,14). The van der Waals surface area contributed by atoms with Gasteiger partial charge >= 0.3 is 5.97 Å². The fraction of sp³-hybridized carbons (Fsp3) is 0.273. The molecular formula is C11H12N2O5. The molecule has 0 heterocycles. The summed E-state index contributed by atoms with van der Waals surface area (Å²) < 4.78 is 4.53. The minimum Gasteiger partial charge on any atom is -0.465 e. The number of nitrogens with zero attached hydrogens (tertiary/aromatic N) is 1. The number of methoxy groups -OCH3 is 1. The van der Waals surface area contributed by atoms with Gasteiger partial charge in [0.1, 0.15) is 0 Å². The fourth-order valence-electron chi connectivity index (χ4n) is 1.25. The van der Waals surface area contributed by atoms with E-state index in [9.17, 15) is 19.7 Å². The summed E-state index contributed by atoms with van der Waals surface area (Å²) in [5.74, 6) is -1.10. The smallest absolute Gasteiger partial charge is 0.337 e. The van der Waals surface area contributed by atoms with Gasteiger partial charge in [-0.1, -0.05) is 12.1 Å². The predicted octanol–water partition coefficient (Wildman–Crippen LogP) is 0.366. The molecule has 0 aromatic heterocycles. The molecule has 0 atom stereocenters. The number of hydrogen-bond acceptors (Lipinski definition) is 5. The second-order valence-corrected chi connectivity index (χ2v) is 3.46. The molecule has 1 rings (SSSR count). The Hall–Kier alpha value is -2.44. The summed E-state index contributed by atoms with van der Waals surface area (Å²) in [7, 11) is 1.29. The maximum absolute atomic E-state index is 11.1. The molecule has 18 heavy (non-hydrogen) atoms. The van der Waals surface area contributed by atoms with Gasteiger partial charge in [-0.15, -0.1) is 0 Å². The Morgan fingerprint density at radius 3 is 2.44 bits per heavy atom. The first-order valence-corrected chi connectivity index (χ1v) is 5.08. The van der Waals surface area contributed by atoms with E-state index in [-0.39, 0.29) is 6.54 Å². The number of rotatable bonds is 5. The molecule has 0 spiro atoms. The lowest BCUT2D eigenvalue weighted by Crippen LogP contribution is -2.29. The molecule has 0 radical (unpaired) electrons. The van der Waals surface area contributed by atoms with Crippen molar-refractivity contribution < 1.29 is 19.2 Å². The molecule has 0 aliphatic carbocycles. The summed E-state index contributed by atoms with van der Waals surface area (Å²) >= 11 is 0. The first-order valence-electron chi connectivity index (χ1n) is 5.08. The van der Waals surface area contributed by atoms with Crippen LogP contribution in [-0.2, 0) is 16.1 Å². The van der Waals surface area contributed by atoms with E-state index >= 15 is 0 Å². The van der Waals surface area contributed by atoms with E-state index in [0.717, 1.165) is 5.56 Å². The Kier molecular flexibility index (Phi) is 4.79. The van der Waals surface area contributed by atoms with Crippen LogP contribution in [-0.4, -0.2) is 30.5 Å². The van der Waals surface area contributed by atoms with Crippen molar-refractivity contribution >= 4 is 11.9 Å². The Morgan fingerprint density at radius 1 is 1.33 bits per heavy atom. The van der Waals surface area contributed by atoms with Gasteiger partial charge in [-0.25, -0.2) is 4.79 Å². The summed E-state index contributed by atoms with van der Waals surface area (Å²) in [6, 6.07) is 6.39. The minimum atomic E-state index is -0.750. The van der Waals surface area contributed by atoms with Crippen LogP contribution in [0, 0.1) is 10.1 Å². The van der Waals surface area contributed by atoms with Gasteiger partial charge in [0, 0.05) is 11.5 Å². The number of nitro groups is 1. The van der Waals surface area contributed by atoms with Crippen LogP contribution in [0.3, 0.4) is 0 Å². The lowest BCUT2D eigenvalue weighted by Gasteiger charge is -2.04. The van der Waals surface area contributed by atoms with Crippen LogP contribution in [0.2, 0.25) is 0 Å². The van der Waals surface area contributed by atoms with Crippen LogP contribution in [0.4, 0.5) is 0 Å². The molecular weight excluding hydrogens is 240 g/mol. The van der Waals surface area contributed by atoms with Crippen molar-refractivity contribution in [3.8, 4) is 0 Å². The maximum Gasteiger partial charge on any atom is 0.337 e. The molecule has 1 amide bonds. The van der Waals surface area contributed by atoms with E-state index in [1.54, 1.807) is 24.3 Å². The zero-order chi connectivity index (χ0) is 13.5. The van der Waals surface area contributed by atoms with Crippen LogP contribution < -0.4 is 5.32 Å². The van der Waals surface area contributed by atoms with E-state index in [1.165, 1.54) is 7.11 Å². The van der Waals surface area contributed by atoms with Crippen molar-refractivity contribution in [2.24, 2.45) is 0 Å². The number of amides is 1. The minimum absolute atomic E-state index is 0.175. The van der Waals surface area contributed by atoms with Gasteiger partial charge in [0.05, 0.1) is 12.7 Å². The Morgan fingerprint density at radius 2 is 1.94 bits per heavy atom. The molecule has 0 aliphatic rings. The van der Waals surface area contributed by atoms with Crippen LogP contribution in [0.1, 0.15) is 15.9 Å². The van der Waals surface area contributed by atoms with Crippen molar-refractivity contribution in [2.45, 2.75) is 6.54 Å². The largest absolute Gasteiger partial charge is 0.465 e. The topological polar surface area (TPSA) is 98.5 Å². The summed E-state index contributed by atoms with van der Waals surface area (Å²) in [5.41, 5.74) is 1.14. The van der Waals surface area contributed by atoms with Crippen molar-refractivity contribution in [3.05, 3.63) is 45.5 Å². The van der Waals surface area contributed by atoms with Crippen molar-refractivity contribution in [3.63, 3.8) is 0 Å². The molecule has 1 aromatic rings. The van der Waals surface area contributed by atoms with E-state index in [4.69, 9.17) is 0 Å². The SMILES string of the molecule is COC(=O)c1ccc(CNC(=O)C[N+](=O)[O-])cc1. The second-order valence-electron chi connectivity index (χ2n) is 3.46. The molecule has 1 N–H and O–H groups in total. The molecule has 0 fully saturated rings. The third-order valence-corrected chi connectivity index (χ3v) is 2.14. The van der Waals surface area contributed by atoms with E-state index < -0.39 is 23.3 Å². The van der Waals surface area contributed by atoms with Gasteiger partial charge in [0.25, 0.3) is 12.5 Å². The molecule has 7 nitrogen and oxygen atoms in total. The summed E-state index contributed by atoms with van der Waals surface area (Å²) in [4.78, 5) is 31.5. The van der Waals surface area contributed by atoms with Gasteiger partial charge < -0.3 is 10.1 Å². The number of carbonyl (C=O) groups is 2. The van der Waals surface area contributed by atoms with Gasteiger partial charge in [-0.3, -0.25) is 14.9 Å². The number of hydrogen-bond donors (Lipinski definition) is 1. The quantitative estimate of drug-likeness (QED) is 0.463. The molecule has 0 bridgehead atoms. The molecule has 0 saturated carbocycles. The van der Waals surface area contributed by atoms with Gasteiger partial charge in [0.2, 0.25) is 0 Å². The number of nitrogens with one attached hydrogen (secondary N) is 1. The summed E-state index contributed by atoms with van der Waals surface area (Å²) in [6.07, 6.45) is 0. The molecule has 96 valence electrons. The van der Waals surface area contributed by atoms with Gasteiger partial charge in [-0.2, -0.15) is 0 Å². The van der Waals surface area contributed by atoms with Crippen molar-refractivity contribution in [2.75, 3.05) is 13.7 Å². The highest BCUT2D eigenvalue weighted by atomic mass is 16.6. The average molecular weight is 252 g/mol. The monoisotopic (exact) mass is 252 g/mol. The summed E-state index contributed by atoms with van der Waals surface area (Å²) in [5, 5.41) is 12.5. The normalized spacial score (nSPS) is 9.61. The number of esters is 1. The molecule has 7 heteroatoms. The maximum atomic E-state index is 11.1. The molecule has 1 aromatic carbocycles. The highest BCUT2D eigenvalue weighted by Gasteiger charge is 2.09. The first kappa shape index (κ1) is 13.6. The highest BCUT2D eigenvalue weighted by Crippen LogP contribution is 2.05.